The smallest absolute Gasteiger partial charge is 0.271 e. The molecule has 140 valence electrons. The summed E-state index contributed by atoms with van der Waals surface area (Å²) in [6, 6.07) is 12.2. The number of nitrogen functional groups attached to an aromatic ring is 1. The molecule has 8 heteroatoms. The fraction of sp³-hybridized carbons (Fsp3) is 0.100. The van der Waals surface area contributed by atoms with E-state index in [0.717, 1.165) is 27.4 Å². The van der Waals surface area contributed by atoms with Gasteiger partial charge in [-0.3, -0.25) is 14.9 Å². The Labute approximate surface area is 164 Å². The second kappa shape index (κ2) is 6.58. The first-order valence-electron chi connectivity index (χ1n) is 8.49. The van der Waals surface area contributed by atoms with Gasteiger partial charge >= 0.3 is 0 Å². The fourth-order valence-electron chi connectivity index (χ4n) is 3.01. The molecule has 0 saturated heterocycles. The molecule has 28 heavy (non-hydrogen) atoms. The normalized spacial score (nSPS) is 11.1. The van der Waals surface area contributed by atoms with Gasteiger partial charge in [-0.25, -0.2) is 4.98 Å². The fourth-order valence-corrected chi connectivity index (χ4v) is 3.99. The number of benzene rings is 2. The van der Waals surface area contributed by atoms with Gasteiger partial charge in [0.2, 0.25) is 0 Å². The number of rotatable bonds is 3. The molecule has 0 spiro atoms. The SMILES string of the molecule is Cc1ccc2cc3c(N)c(C(=O)Nc4cc([N+](=O)[O-])ccc4C)sc3nc2c1. The number of nitrogens with two attached hydrogens (primary N) is 1. The molecule has 0 atom stereocenters. The first-order chi connectivity index (χ1) is 13.3. The van der Waals surface area contributed by atoms with Crippen LogP contribution in [0.3, 0.4) is 0 Å². The first kappa shape index (κ1) is 17.9. The van der Waals surface area contributed by atoms with Crippen molar-refractivity contribution in [3.63, 3.8) is 0 Å². The van der Waals surface area contributed by atoms with E-state index in [1.165, 1.54) is 23.5 Å². The van der Waals surface area contributed by atoms with Gasteiger partial charge in [-0.05, 0) is 37.1 Å². The molecule has 4 rings (SSSR count). The van der Waals surface area contributed by atoms with E-state index in [2.05, 4.69) is 10.3 Å². The number of anilines is 2. The van der Waals surface area contributed by atoms with Gasteiger partial charge in [0.25, 0.3) is 11.6 Å². The molecule has 0 aliphatic rings. The number of amides is 1. The summed E-state index contributed by atoms with van der Waals surface area (Å²) in [4.78, 5) is 28.9. The molecule has 2 heterocycles. The number of fused-ring (bicyclic) bond motifs is 2. The van der Waals surface area contributed by atoms with E-state index in [-0.39, 0.29) is 5.69 Å². The van der Waals surface area contributed by atoms with Crippen LogP contribution in [0.4, 0.5) is 17.1 Å². The standard InChI is InChI=1S/C20H16N4O3S/c1-10-3-5-12-8-14-17(21)18(28-20(14)23-16(12)7-10)19(25)22-15-9-13(24(26)27)6-4-11(15)2/h3-9H,21H2,1-2H3,(H,22,25). The van der Waals surface area contributed by atoms with Crippen LogP contribution in [-0.4, -0.2) is 15.8 Å². The maximum absolute atomic E-state index is 12.8. The highest BCUT2D eigenvalue weighted by Gasteiger charge is 2.19. The number of carbonyl (C=O) groups excluding carboxylic acids is 1. The van der Waals surface area contributed by atoms with Gasteiger partial charge in [0, 0.05) is 22.9 Å². The van der Waals surface area contributed by atoms with E-state index in [4.69, 9.17) is 5.73 Å². The molecule has 0 aliphatic heterocycles. The molecule has 0 saturated carbocycles. The van der Waals surface area contributed by atoms with Gasteiger partial charge < -0.3 is 11.1 Å². The zero-order valence-corrected chi connectivity index (χ0v) is 16.0. The lowest BCUT2D eigenvalue weighted by Crippen LogP contribution is -2.13. The number of nitrogens with one attached hydrogen (secondary N) is 1. The predicted molar refractivity (Wildman–Crippen MR) is 112 cm³/mol. The van der Waals surface area contributed by atoms with Gasteiger partial charge in [-0.2, -0.15) is 0 Å². The molecule has 4 aromatic rings. The van der Waals surface area contributed by atoms with Crippen molar-refractivity contribution in [2.24, 2.45) is 0 Å². The number of hydrogen-bond donors (Lipinski definition) is 2. The average molecular weight is 392 g/mol. The topological polar surface area (TPSA) is 111 Å². The third kappa shape index (κ3) is 3.03. The predicted octanol–water partition coefficient (Wildman–Crippen LogP) is 4.81. The molecule has 0 fully saturated rings. The van der Waals surface area contributed by atoms with Crippen molar-refractivity contribution in [2.75, 3.05) is 11.1 Å². The molecule has 0 aliphatic carbocycles. The lowest BCUT2D eigenvalue weighted by molar-refractivity contribution is -0.384. The van der Waals surface area contributed by atoms with Crippen LogP contribution in [0, 0.1) is 24.0 Å². The molecule has 1 amide bonds. The Morgan fingerprint density at radius 3 is 2.71 bits per heavy atom. The Hall–Kier alpha value is -3.52. The van der Waals surface area contributed by atoms with Gasteiger partial charge in [-0.15, -0.1) is 11.3 Å². The number of hydrogen-bond acceptors (Lipinski definition) is 6. The van der Waals surface area contributed by atoms with Crippen molar-refractivity contribution < 1.29 is 9.72 Å². The van der Waals surface area contributed by atoms with E-state index < -0.39 is 10.8 Å². The molecule has 0 bridgehead atoms. The van der Waals surface area contributed by atoms with Crippen LogP contribution >= 0.6 is 11.3 Å². The number of aromatic nitrogens is 1. The van der Waals surface area contributed by atoms with Crippen molar-refractivity contribution in [3.05, 3.63) is 68.6 Å². The van der Waals surface area contributed by atoms with Crippen LogP contribution in [0.25, 0.3) is 21.1 Å². The molecular formula is C20H16N4O3S. The number of nitro benzene ring substituents is 1. The monoisotopic (exact) mass is 392 g/mol. The highest BCUT2D eigenvalue weighted by molar-refractivity contribution is 7.21. The third-order valence-corrected chi connectivity index (χ3v) is 5.67. The van der Waals surface area contributed by atoms with E-state index >= 15 is 0 Å². The molecule has 0 radical (unpaired) electrons. The van der Waals surface area contributed by atoms with E-state index in [9.17, 15) is 14.9 Å². The summed E-state index contributed by atoms with van der Waals surface area (Å²) in [6.45, 7) is 3.76. The minimum Gasteiger partial charge on any atom is -0.397 e. The van der Waals surface area contributed by atoms with E-state index in [1.54, 1.807) is 13.0 Å². The average Bonchev–Trinajstić information content (AvgIpc) is 2.97. The quantitative estimate of drug-likeness (QED) is 0.384. The highest BCUT2D eigenvalue weighted by atomic mass is 32.1. The number of thiophene rings is 1. The van der Waals surface area contributed by atoms with E-state index in [0.29, 0.717) is 21.1 Å². The van der Waals surface area contributed by atoms with Crippen LogP contribution in [0.2, 0.25) is 0 Å². The van der Waals surface area contributed by atoms with Crippen LogP contribution in [0.1, 0.15) is 20.8 Å². The van der Waals surface area contributed by atoms with Crippen molar-refractivity contribution in [1.82, 2.24) is 4.98 Å². The molecule has 2 aromatic carbocycles. The summed E-state index contributed by atoms with van der Waals surface area (Å²) in [6.07, 6.45) is 0. The first-order valence-corrected chi connectivity index (χ1v) is 9.31. The van der Waals surface area contributed by atoms with Crippen molar-refractivity contribution >= 4 is 55.4 Å². The summed E-state index contributed by atoms with van der Waals surface area (Å²) in [5, 5.41) is 15.4. The molecule has 2 aromatic heterocycles. The summed E-state index contributed by atoms with van der Waals surface area (Å²) in [7, 11) is 0. The van der Waals surface area contributed by atoms with E-state index in [1.807, 2.05) is 31.2 Å². The van der Waals surface area contributed by atoms with Crippen LogP contribution < -0.4 is 11.1 Å². The Morgan fingerprint density at radius 1 is 1.18 bits per heavy atom. The lowest BCUT2D eigenvalue weighted by Gasteiger charge is -2.07. The number of carbonyl (C=O) groups is 1. The summed E-state index contributed by atoms with van der Waals surface area (Å²) >= 11 is 1.21. The Kier molecular flexibility index (Phi) is 4.20. The van der Waals surface area contributed by atoms with Crippen LogP contribution in [0.5, 0.6) is 0 Å². The molecular weight excluding hydrogens is 376 g/mol. The summed E-state index contributed by atoms with van der Waals surface area (Å²) in [5.74, 6) is -0.413. The minimum absolute atomic E-state index is 0.0894. The van der Waals surface area contributed by atoms with Gasteiger partial charge in [-0.1, -0.05) is 18.2 Å². The van der Waals surface area contributed by atoms with Gasteiger partial charge in [0.05, 0.1) is 21.8 Å². The molecule has 7 nitrogen and oxygen atoms in total. The van der Waals surface area contributed by atoms with Crippen molar-refractivity contribution in [1.29, 1.82) is 0 Å². The third-order valence-electron chi connectivity index (χ3n) is 4.56. The Morgan fingerprint density at radius 2 is 1.96 bits per heavy atom. The second-order valence-electron chi connectivity index (χ2n) is 6.59. The second-order valence-corrected chi connectivity index (χ2v) is 7.59. The minimum atomic E-state index is -0.500. The number of non-ortho nitro benzene ring substituents is 1. The van der Waals surface area contributed by atoms with Gasteiger partial charge in [0.15, 0.2) is 0 Å². The maximum Gasteiger partial charge on any atom is 0.271 e. The number of nitrogens with zero attached hydrogens (tertiary/aromatic N) is 2. The van der Waals surface area contributed by atoms with Crippen molar-refractivity contribution in [2.45, 2.75) is 13.8 Å². The van der Waals surface area contributed by atoms with Gasteiger partial charge in [0.1, 0.15) is 9.71 Å². The van der Waals surface area contributed by atoms with Crippen molar-refractivity contribution in [3.8, 4) is 0 Å². The zero-order valence-electron chi connectivity index (χ0n) is 15.1. The molecule has 0 unspecified atom stereocenters. The molecule has 3 N–H and O–H groups in total. The maximum atomic E-state index is 12.8. The Bertz CT molecular complexity index is 1280. The van der Waals surface area contributed by atoms with Crippen LogP contribution in [0.15, 0.2) is 42.5 Å². The Balaban J connectivity index is 1.75. The number of nitro groups is 1. The largest absolute Gasteiger partial charge is 0.397 e. The highest BCUT2D eigenvalue weighted by Crippen LogP contribution is 2.35. The lowest BCUT2D eigenvalue weighted by atomic mass is 10.1. The summed E-state index contributed by atoms with van der Waals surface area (Å²) < 4.78 is 0. The number of aryl methyl sites for hydroxylation is 2. The summed E-state index contributed by atoms with van der Waals surface area (Å²) in [5.41, 5.74) is 9.54. The van der Waals surface area contributed by atoms with Crippen LogP contribution in [-0.2, 0) is 0 Å². The zero-order chi connectivity index (χ0) is 20.0. The number of pyridine rings is 1.